The number of benzene rings is 1. The molecule has 0 radical (unpaired) electrons. The lowest BCUT2D eigenvalue weighted by atomic mass is 9.91. The molecule has 0 N–H and O–H groups in total. The van der Waals surface area contributed by atoms with E-state index >= 15 is 0 Å². The first kappa shape index (κ1) is 20.2. The molecule has 1 rings (SSSR count). The first-order chi connectivity index (χ1) is 10.8. The average molecular weight is 332 g/mol. The van der Waals surface area contributed by atoms with Gasteiger partial charge in [0.25, 0.3) is 0 Å². The first-order valence-corrected chi connectivity index (χ1v) is 8.44. The normalized spacial score (nSPS) is 12.0. The van der Waals surface area contributed by atoms with Crippen LogP contribution in [0.1, 0.15) is 54.4 Å². The monoisotopic (exact) mass is 332 g/mol. The molecule has 0 aliphatic heterocycles. The molecule has 1 aromatic carbocycles. The fraction of sp³-hybridized carbons (Fsp3) is 0.600. The van der Waals surface area contributed by atoms with Crippen molar-refractivity contribution in [1.82, 2.24) is 0 Å². The number of hydrogen-bond acceptors (Lipinski definition) is 2. The average Bonchev–Trinajstić information content (AvgIpc) is 2.42. The summed E-state index contributed by atoms with van der Waals surface area (Å²) in [4.78, 5) is 28.4. The quantitative estimate of drug-likeness (QED) is 0.815. The molecule has 0 aliphatic carbocycles. The van der Waals surface area contributed by atoms with Gasteiger partial charge in [-0.3, -0.25) is 9.59 Å². The Kier molecular flexibility index (Phi) is 6.20. The second-order valence-electron chi connectivity index (χ2n) is 8.87. The lowest BCUT2D eigenvalue weighted by Gasteiger charge is -2.29. The Hall–Kier alpha value is -1.84. The topological polar surface area (TPSA) is 40.6 Å². The first-order valence-electron chi connectivity index (χ1n) is 8.44. The molecule has 0 saturated carbocycles. The smallest absolute Gasteiger partial charge is 0.227 e. The van der Waals surface area contributed by atoms with Crippen LogP contribution in [-0.2, 0) is 9.59 Å². The highest BCUT2D eigenvalue weighted by molar-refractivity contribution is 6.01. The Morgan fingerprint density at radius 3 is 1.29 bits per heavy atom. The Morgan fingerprint density at radius 1 is 0.750 bits per heavy atom. The van der Waals surface area contributed by atoms with E-state index in [9.17, 15) is 9.59 Å². The molecule has 0 bridgehead atoms. The molecule has 1 aromatic rings. The maximum Gasteiger partial charge on any atom is 0.227 e. The van der Waals surface area contributed by atoms with Crippen LogP contribution >= 0.6 is 0 Å². The minimum absolute atomic E-state index is 0.0478. The van der Waals surface area contributed by atoms with Crippen LogP contribution in [0.25, 0.3) is 0 Å². The van der Waals surface area contributed by atoms with Crippen molar-refractivity contribution >= 4 is 23.2 Å². The van der Waals surface area contributed by atoms with Gasteiger partial charge in [-0.05, 0) is 23.0 Å². The number of amides is 2. The van der Waals surface area contributed by atoms with E-state index in [2.05, 4.69) is 0 Å². The molecular weight excluding hydrogens is 300 g/mol. The van der Waals surface area contributed by atoms with Crippen LogP contribution in [-0.4, -0.2) is 25.9 Å². The number of para-hydroxylation sites is 2. The molecule has 0 saturated heterocycles. The molecule has 4 nitrogen and oxygen atoms in total. The van der Waals surface area contributed by atoms with Gasteiger partial charge in [0.15, 0.2) is 0 Å². The SMILES string of the molecule is CN(C(=O)CC(C)(C)C)c1ccccc1N(C)C(=O)CC(C)(C)C. The van der Waals surface area contributed by atoms with E-state index in [-0.39, 0.29) is 22.6 Å². The van der Waals surface area contributed by atoms with Crippen LogP contribution in [0.5, 0.6) is 0 Å². The lowest BCUT2D eigenvalue weighted by molar-refractivity contribution is -0.121. The zero-order chi connectivity index (χ0) is 18.7. The van der Waals surface area contributed by atoms with Crippen molar-refractivity contribution in [2.24, 2.45) is 10.8 Å². The van der Waals surface area contributed by atoms with Gasteiger partial charge in [-0.1, -0.05) is 53.7 Å². The molecule has 0 aliphatic rings. The van der Waals surface area contributed by atoms with Gasteiger partial charge in [0.2, 0.25) is 11.8 Å². The van der Waals surface area contributed by atoms with E-state index in [1.54, 1.807) is 23.9 Å². The van der Waals surface area contributed by atoms with E-state index in [0.29, 0.717) is 12.8 Å². The van der Waals surface area contributed by atoms with E-state index < -0.39 is 0 Å². The van der Waals surface area contributed by atoms with Crippen LogP contribution in [0.2, 0.25) is 0 Å². The summed E-state index contributed by atoms with van der Waals surface area (Å²) in [6.45, 7) is 12.3. The molecule has 0 heterocycles. The zero-order valence-corrected chi connectivity index (χ0v) is 16.4. The molecule has 4 heteroatoms. The van der Waals surface area contributed by atoms with Crippen molar-refractivity contribution < 1.29 is 9.59 Å². The maximum absolute atomic E-state index is 12.6. The van der Waals surface area contributed by atoms with Crippen LogP contribution in [0.4, 0.5) is 11.4 Å². The predicted octanol–water partition coefficient (Wildman–Crippen LogP) is 4.48. The van der Waals surface area contributed by atoms with Crippen LogP contribution in [0.15, 0.2) is 24.3 Å². The van der Waals surface area contributed by atoms with Gasteiger partial charge in [0.1, 0.15) is 0 Å². The van der Waals surface area contributed by atoms with Gasteiger partial charge in [-0.15, -0.1) is 0 Å². The van der Waals surface area contributed by atoms with Gasteiger partial charge < -0.3 is 9.80 Å². The molecule has 0 unspecified atom stereocenters. The number of hydrogen-bond donors (Lipinski definition) is 0. The molecule has 0 atom stereocenters. The van der Waals surface area contributed by atoms with Gasteiger partial charge in [-0.2, -0.15) is 0 Å². The summed E-state index contributed by atoms with van der Waals surface area (Å²) in [5.41, 5.74) is 1.37. The number of nitrogens with zero attached hydrogens (tertiary/aromatic N) is 2. The van der Waals surface area contributed by atoms with E-state index in [1.165, 1.54) is 0 Å². The van der Waals surface area contributed by atoms with Gasteiger partial charge in [-0.25, -0.2) is 0 Å². The molecular formula is C20H32N2O2. The zero-order valence-electron chi connectivity index (χ0n) is 16.4. The fourth-order valence-electron chi connectivity index (χ4n) is 2.44. The van der Waals surface area contributed by atoms with Crippen LogP contribution in [0, 0.1) is 10.8 Å². The summed E-state index contributed by atoms with van der Waals surface area (Å²) in [7, 11) is 3.55. The van der Waals surface area contributed by atoms with Crippen molar-refractivity contribution in [3.63, 3.8) is 0 Å². The highest BCUT2D eigenvalue weighted by atomic mass is 16.2. The maximum atomic E-state index is 12.6. The van der Waals surface area contributed by atoms with Crippen molar-refractivity contribution in [1.29, 1.82) is 0 Å². The second-order valence-corrected chi connectivity index (χ2v) is 8.87. The summed E-state index contributed by atoms with van der Waals surface area (Å²) in [5.74, 6) is 0.0956. The molecule has 0 aromatic heterocycles. The second kappa shape index (κ2) is 7.37. The highest BCUT2D eigenvalue weighted by Crippen LogP contribution is 2.31. The molecule has 0 fully saturated rings. The summed E-state index contributed by atoms with van der Waals surface area (Å²) < 4.78 is 0. The van der Waals surface area contributed by atoms with Gasteiger partial charge in [0.05, 0.1) is 11.4 Å². The highest BCUT2D eigenvalue weighted by Gasteiger charge is 2.25. The summed E-state index contributed by atoms with van der Waals surface area (Å²) in [6, 6.07) is 7.55. The minimum Gasteiger partial charge on any atom is -0.313 e. The van der Waals surface area contributed by atoms with Gasteiger partial charge >= 0.3 is 0 Å². The number of anilines is 2. The Morgan fingerprint density at radius 2 is 1.04 bits per heavy atom. The Balaban J connectivity index is 3.07. The van der Waals surface area contributed by atoms with E-state index in [4.69, 9.17) is 0 Å². The third kappa shape index (κ3) is 5.99. The molecule has 0 spiro atoms. The molecule has 2 amide bonds. The largest absolute Gasteiger partial charge is 0.313 e. The van der Waals surface area contributed by atoms with Crippen LogP contribution < -0.4 is 9.80 Å². The van der Waals surface area contributed by atoms with Crippen molar-refractivity contribution in [2.45, 2.75) is 54.4 Å². The summed E-state index contributed by atoms with van der Waals surface area (Å²) in [6.07, 6.45) is 0.912. The number of rotatable bonds is 4. The standard InChI is InChI=1S/C20H32N2O2/c1-19(2,3)13-17(23)21(7)15-11-9-10-12-16(15)22(8)18(24)14-20(4,5)6/h9-12H,13-14H2,1-8H3. The van der Waals surface area contributed by atoms with Crippen molar-refractivity contribution in [3.05, 3.63) is 24.3 Å². The number of carbonyl (C=O) groups excluding carboxylic acids is 2. The van der Waals surface area contributed by atoms with E-state index in [0.717, 1.165) is 11.4 Å². The van der Waals surface area contributed by atoms with E-state index in [1.807, 2.05) is 65.8 Å². The van der Waals surface area contributed by atoms with Crippen LogP contribution in [0.3, 0.4) is 0 Å². The Bertz CT molecular complexity index is 541. The third-order valence-corrected chi connectivity index (χ3v) is 3.72. The van der Waals surface area contributed by atoms with Crippen molar-refractivity contribution in [3.8, 4) is 0 Å². The third-order valence-electron chi connectivity index (χ3n) is 3.72. The van der Waals surface area contributed by atoms with Crippen molar-refractivity contribution in [2.75, 3.05) is 23.9 Å². The fourth-order valence-corrected chi connectivity index (χ4v) is 2.44. The predicted molar refractivity (Wildman–Crippen MR) is 101 cm³/mol. The molecule has 24 heavy (non-hydrogen) atoms. The van der Waals surface area contributed by atoms with Gasteiger partial charge in [0, 0.05) is 26.9 Å². The molecule has 134 valence electrons. The summed E-state index contributed by atoms with van der Waals surface area (Å²) >= 11 is 0. The number of carbonyl (C=O) groups is 2. The lowest BCUT2D eigenvalue weighted by Crippen LogP contribution is -2.34. The minimum atomic E-state index is -0.0752. The Labute approximate surface area is 146 Å². The summed E-state index contributed by atoms with van der Waals surface area (Å²) in [5, 5.41) is 0.